The first-order valence-corrected chi connectivity index (χ1v) is 30.9. The van der Waals surface area contributed by atoms with Crippen molar-refractivity contribution in [3.05, 3.63) is 109 Å². The molecule has 0 heterocycles. The molecule has 0 amide bonds. The third-order valence-electron chi connectivity index (χ3n) is 13.0. The maximum absolute atomic E-state index is 12.8. The van der Waals surface area contributed by atoms with Gasteiger partial charge in [0, 0.05) is 19.3 Å². The summed E-state index contributed by atoms with van der Waals surface area (Å²) in [6, 6.07) is 0. The molecule has 0 aliphatic heterocycles. The van der Waals surface area contributed by atoms with Crippen LogP contribution < -0.4 is 0 Å². The number of hydrogen-bond acceptors (Lipinski definition) is 6. The van der Waals surface area contributed by atoms with E-state index in [1.807, 2.05) is 0 Å². The van der Waals surface area contributed by atoms with E-state index in [-0.39, 0.29) is 31.1 Å². The molecule has 0 spiro atoms. The molecule has 0 aliphatic rings. The number of carbonyl (C=O) groups excluding carboxylic acids is 3. The predicted molar refractivity (Wildman–Crippen MR) is 320 cm³/mol. The van der Waals surface area contributed by atoms with Crippen LogP contribution in [0.4, 0.5) is 0 Å². The van der Waals surface area contributed by atoms with Crippen LogP contribution >= 0.6 is 0 Å². The van der Waals surface area contributed by atoms with E-state index in [9.17, 15) is 14.4 Å². The van der Waals surface area contributed by atoms with Gasteiger partial charge in [0.2, 0.25) is 0 Å². The Balaban J connectivity index is 4.28. The molecule has 1 unspecified atom stereocenters. The molecule has 0 aliphatic carbocycles. The van der Waals surface area contributed by atoms with E-state index in [1.165, 1.54) is 122 Å². The molecule has 0 bridgehead atoms. The molecule has 0 saturated carbocycles. The zero-order chi connectivity index (χ0) is 53.6. The Morgan fingerprint density at radius 3 is 0.824 bits per heavy atom. The Kier molecular flexibility index (Phi) is 58.3. The Morgan fingerprint density at radius 2 is 0.527 bits per heavy atom. The molecule has 0 aromatic heterocycles. The van der Waals surface area contributed by atoms with Gasteiger partial charge in [0.1, 0.15) is 13.2 Å². The maximum Gasteiger partial charge on any atom is 0.306 e. The fraction of sp³-hybridized carbons (Fsp3) is 0.691. The lowest BCUT2D eigenvalue weighted by atomic mass is 10.0. The highest BCUT2D eigenvalue weighted by Crippen LogP contribution is 2.16. The summed E-state index contributed by atoms with van der Waals surface area (Å²) in [7, 11) is 0. The van der Waals surface area contributed by atoms with Crippen molar-refractivity contribution in [1.82, 2.24) is 0 Å². The Morgan fingerprint density at radius 1 is 0.284 bits per heavy atom. The van der Waals surface area contributed by atoms with Gasteiger partial charge in [-0.2, -0.15) is 0 Å². The van der Waals surface area contributed by atoms with E-state index in [0.717, 1.165) is 122 Å². The normalized spacial score (nSPS) is 12.9. The van der Waals surface area contributed by atoms with Gasteiger partial charge in [-0.3, -0.25) is 14.4 Å². The number of ether oxygens (including phenoxy) is 3. The summed E-state index contributed by atoms with van der Waals surface area (Å²) in [6.45, 7) is 6.49. The molecule has 74 heavy (non-hydrogen) atoms. The topological polar surface area (TPSA) is 78.9 Å². The van der Waals surface area contributed by atoms with Crippen LogP contribution in [0, 0.1) is 0 Å². The molecule has 0 rings (SSSR count). The largest absolute Gasteiger partial charge is 0.462 e. The van der Waals surface area contributed by atoms with Gasteiger partial charge in [-0.15, -0.1) is 0 Å². The van der Waals surface area contributed by atoms with E-state index >= 15 is 0 Å². The van der Waals surface area contributed by atoms with Crippen LogP contribution in [0.3, 0.4) is 0 Å². The Hall–Kier alpha value is -3.93. The van der Waals surface area contributed by atoms with Crippen molar-refractivity contribution in [2.24, 2.45) is 0 Å². The van der Waals surface area contributed by atoms with Crippen molar-refractivity contribution in [3.63, 3.8) is 0 Å². The molecule has 0 fully saturated rings. The molecule has 0 radical (unpaired) electrons. The van der Waals surface area contributed by atoms with Crippen LogP contribution in [0.2, 0.25) is 0 Å². The van der Waals surface area contributed by atoms with Gasteiger partial charge in [-0.25, -0.2) is 0 Å². The van der Waals surface area contributed by atoms with E-state index in [2.05, 4.69) is 130 Å². The van der Waals surface area contributed by atoms with E-state index in [0.29, 0.717) is 19.3 Å². The van der Waals surface area contributed by atoms with Gasteiger partial charge >= 0.3 is 17.9 Å². The summed E-state index contributed by atoms with van der Waals surface area (Å²) in [5.41, 5.74) is 0. The van der Waals surface area contributed by atoms with E-state index < -0.39 is 6.10 Å². The van der Waals surface area contributed by atoms with Crippen molar-refractivity contribution in [2.45, 2.75) is 290 Å². The average Bonchev–Trinajstić information content (AvgIpc) is 3.40. The standard InChI is InChI=1S/C68H114O6/c1-4-7-10-13-16-19-21-23-25-27-28-29-30-31-32-33-34-35-36-37-38-39-40-41-43-44-46-49-52-55-58-61-67(70)73-64-65(63-72-66(69)60-57-54-51-48-18-15-12-9-6-3)74-68(71)62-59-56-53-50-47-45-42-26-24-22-20-17-14-11-8-5-2/h7,10,16,19,23,25,28-29,31-32,34-35,37-38,40-41,44,46,65H,4-6,8-9,11-15,17-18,20-22,24,26-27,30,33,36,39,42-43,45,47-64H2,1-3H3/b10-7-,19-16-,25-23-,29-28-,32-31-,35-34-,38-37-,41-40-,46-44-. The summed E-state index contributed by atoms with van der Waals surface area (Å²) < 4.78 is 16.8. The van der Waals surface area contributed by atoms with Gasteiger partial charge in [-0.1, -0.05) is 284 Å². The van der Waals surface area contributed by atoms with Crippen LogP contribution in [-0.4, -0.2) is 37.2 Å². The van der Waals surface area contributed by atoms with Crippen LogP contribution in [0.1, 0.15) is 284 Å². The fourth-order valence-corrected chi connectivity index (χ4v) is 8.44. The summed E-state index contributed by atoms with van der Waals surface area (Å²) in [5, 5.41) is 0. The highest BCUT2D eigenvalue weighted by atomic mass is 16.6. The Labute approximate surface area is 457 Å². The molecule has 0 aromatic rings. The minimum Gasteiger partial charge on any atom is -0.462 e. The smallest absolute Gasteiger partial charge is 0.306 e. The molecule has 422 valence electrons. The van der Waals surface area contributed by atoms with Gasteiger partial charge in [0.15, 0.2) is 6.10 Å². The van der Waals surface area contributed by atoms with Crippen molar-refractivity contribution < 1.29 is 28.6 Å². The maximum atomic E-state index is 12.8. The number of hydrogen-bond donors (Lipinski definition) is 0. The van der Waals surface area contributed by atoms with Crippen molar-refractivity contribution >= 4 is 17.9 Å². The first kappa shape index (κ1) is 70.1. The minimum absolute atomic E-state index is 0.0858. The molecule has 0 aromatic carbocycles. The molecule has 6 nitrogen and oxygen atoms in total. The average molecular weight is 1030 g/mol. The Bertz CT molecular complexity index is 1510. The van der Waals surface area contributed by atoms with Crippen molar-refractivity contribution in [3.8, 4) is 0 Å². The first-order chi connectivity index (χ1) is 36.5. The molecule has 1 atom stereocenters. The third-order valence-corrected chi connectivity index (χ3v) is 13.0. The van der Waals surface area contributed by atoms with Crippen LogP contribution in [0.5, 0.6) is 0 Å². The zero-order valence-corrected chi connectivity index (χ0v) is 48.3. The second-order valence-electron chi connectivity index (χ2n) is 20.2. The fourth-order valence-electron chi connectivity index (χ4n) is 8.44. The van der Waals surface area contributed by atoms with E-state index in [1.54, 1.807) is 0 Å². The molecular weight excluding hydrogens is 913 g/mol. The molecule has 0 N–H and O–H groups in total. The molecular formula is C68H114O6. The quantitative estimate of drug-likeness (QED) is 0.0261. The summed E-state index contributed by atoms with van der Waals surface area (Å²) in [4.78, 5) is 38.1. The van der Waals surface area contributed by atoms with Crippen molar-refractivity contribution in [1.29, 1.82) is 0 Å². The lowest BCUT2D eigenvalue weighted by molar-refractivity contribution is -0.167. The first-order valence-electron chi connectivity index (χ1n) is 30.9. The monoisotopic (exact) mass is 1030 g/mol. The highest BCUT2D eigenvalue weighted by Gasteiger charge is 2.19. The van der Waals surface area contributed by atoms with Gasteiger partial charge in [0.25, 0.3) is 0 Å². The SMILES string of the molecule is CC/C=C\C/C=C\C/C=C\C/C=C\C/C=C\C/C=C\C/C=C\C/C=C\C/C=C\CCCCCC(=O)OCC(COC(=O)CCCCCCCCCCC)OC(=O)CCCCCCCCCCCCCCCCCC. The lowest BCUT2D eigenvalue weighted by Gasteiger charge is -2.18. The zero-order valence-electron chi connectivity index (χ0n) is 48.3. The van der Waals surface area contributed by atoms with Gasteiger partial charge in [0.05, 0.1) is 0 Å². The number of unbranched alkanes of at least 4 members (excludes halogenated alkanes) is 26. The summed E-state index contributed by atoms with van der Waals surface area (Å²) >= 11 is 0. The molecule has 6 heteroatoms. The van der Waals surface area contributed by atoms with E-state index in [4.69, 9.17) is 14.2 Å². The van der Waals surface area contributed by atoms with Crippen LogP contribution in [-0.2, 0) is 28.6 Å². The van der Waals surface area contributed by atoms with Gasteiger partial charge in [-0.05, 0) is 89.9 Å². The number of rotatable bonds is 55. The number of esters is 3. The second kappa shape index (κ2) is 61.6. The third kappa shape index (κ3) is 59.0. The summed E-state index contributed by atoms with van der Waals surface area (Å²) in [6.07, 6.45) is 83.9. The number of carbonyl (C=O) groups is 3. The van der Waals surface area contributed by atoms with Gasteiger partial charge < -0.3 is 14.2 Å². The summed E-state index contributed by atoms with van der Waals surface area (Å²) in [5.74, 6) is -0.917. The highest BCUT2D eigenvalue weighted by molar-refractivity contribution is 5.71. The predicted octanol–water partition coefficient (Wildman–Crippen LogP) is 21.0. The van der Waals surface area contributed by atoms with Crippen LogP contribution in [0.25, 0.3) is 0 Å². The van der Waals surface area contributed by atoms with Crippen LogP contribution in [0.15, 0.2) is 109 Å². The molecule has 0 saturated heterocycles. The minimum atomic E-state index is -0.789. The number of allylic oxidation sites excluding steroid dienone is 18. The second-order valence-corrected chi connectivity index (χ2v) is 20.2. The lowest BCUT2D eigenvalue weighted by Crippen LogP contribution is -2.30. The van der Waals surface area contributed by atoms with Crippen molar-refractivity contribution in [2.75, 3.05) is 13.2 Å².